The molecule has 0 fully saturated rings. The second kappa shape index (κ2) is 7.60. The number of aryl methyl sites for hydroxylation is 2. The minimum Gasteiger partial charge on any atom is -0.508 e. The van der Waals surface area contributed by atoms with E-state index >= 15 is 0 Å². The molecule has 0 unspecified atom stereocenters. The summed E-state index contributed by atoms with van der Waals surface area (Å²) in [6.07, 6.45) is 2.55. The van der Waals surface area contributed by atoms with Gasteiger partial charge in [-0.05, 0) is 62.4 Å². The van der Waals surface area contributed by atoms with Crippen molar-refractivity contribution >= 4 is 11.8 Å². The van der Waals surface area contributed by atoms with Crippen LogP contribution in [0, 0.1) is 13.8 Å². The predicted octanol–water partition coefficient (Wildman–Crippen LogP) is 2.93. The lowest BCUT2D eigenvalue weighted by Gasteiger charge is -2.27. The molecule has 0 heterocycles. The van der Waals surface area contributed by atoms with Crippen molar-refractivity contribution in [2.75, 3.05) is 6.54 Å². The van der Waals surface area contributed by atoms with Crippen LogP contribution in [0.1, 0.15) is 51.5 Å². The topological polar surface area (TPSA) is 78.4 Å². The Morgan fingerprint density at radius 3 is 2.62 bits per heavy atom. The van der Waals surface area contributed by atoms with Crippen LogP contribution < -0.4 is 10.6 Å². The summed E-state index contributed by atoms with van der Waals surface area (Å²) in [6, 6.07) is 10.9. The van der Waals surface area contributed by atoms with Crippen LogP contribution in [0.5, 0.6) is 5.75 Å². The molecule has 0 bridgehead atoms. The fourth-order valence-electron chi connectivity index (χ4n) is 3.59. The van der Waals surface area contributed by atoms with Crippen molar-refractivity contribution < 1.29 is 14.7 Å². The van der Waals surface area contributed by atoms with Crippen LogP contribution in [0.15, 0.2) is 36.4 Å². The minimum atomic E-state index is -0.256. The Kier molecular flexibility index (Phi) is 5.26. The SMILES string of the molecule is Cc1cc(C)cc(C(=O)NCC(=O)N[C@H]2CCCc3c(O)cccc32)c1. The molecule has 5 nitrogen and oxygen atoms in total. The van der Waals surface area contributed by atoms with Crippen LogP contribution in [-0.4, -0.2) is 23.5 Å². The number of benzene rings is 2. The number of aromatic hydroxyl groups is 1. The highest BCUT2D eigenvalue weighted by Crippen LogP contribution is 2.34. The summed E-state index contributed by atoms with van der Waals surface area (Å²) in [4.78, 5) is 24.6. The lowest BCUT2D eigenvalue weighted by atomic mass is 9.87. The molecule has 0 aromatic heterocycles. The van der Waals surface area contributed by atoms with Crippen LogP contribution in [-0.2, 0) is 11.2 Å². The van der Waals surface area contributed by atoms with Gasteiger partial charge < -0.3 is 15.7 Å². The van der Waals surface area contributed by atoms with Crippen molar-refractivity contribution in [3.8, 4) is 5.75 Å². The number of carbonyl (C=O) groups excluding carboxylic acids is 2. The fourth-order valence-corrected chi connectivity index (χ4v) is 3.59. The Morgan fingerprint density at radius 1 is 1.15 bits per heavy atom. The molecule has 0 radical (unpaired) electrons. The summed E-state index contributed by atoms with van der Waals surface area (Å²) < 4.78 is 0. The first-order chi connectivity index (χ1) is 12.4. The summed E-state index contributed by atoms with van der Waals surface area (Å²) in [5.41, 5.74) is 4.45. The first-order valence-electron chi connectivity index (χ1n) is 8.90. The van der Waals surface area contributed by atoms with E-state index in [0.717, 1.165) is 41.5 Å². The molecule has 1 aliphatic rings. The zero-order valence-electron chi connectivity index (χ0n) is 15.1. The number of carbonyl (C=O) groups is 2. The van der Waals surface area contributed by atoms with Crippen LogP contribution >= 0.6 is 0 Å². The third kappa shape index (κ3) is 4.04. The lowest BCUT2D eigenvalue weighted by molar-refractivity contribution is -0.121. The van der Waals surface area contributed by atoms with E-state index in [2.05, 4.69) is 10.6 Å². The maximum Gasteiger partial charge on any atom is 0.251 e. The first kappa shape index (κ1) is 18.0. The number of hydrogen-bond donors (Lipinski definition) is 3. The molecule has 3 N–H and O–H groups in total. The summed E-state index contributed by atoms with van der Waals surface area (Å²) in [5, 5.41) is 15.6. The van der Waals surface area contributed by atoms with Gasteiger partial charge in [-0.15, -0.1) is 0 Å². The maximum absolute atomic E-state index is 12.3. The number of phenols is 1. The summed E-state index contributed by atoms with van der Waals surface area (Å²) in [6.45, 7) is 3.80. The van der Waals surface area contributed by atoms with Crippen molar-refractivity contribution in [1.29, 1.82) is 0 Å². The third-order valence-electron chi connectivity index (χ3n) is 4.71. The lowest BCUT2D eigenvalue weighted by Crippen LogP contribution is -2.39. The number of nitrogens with one attached hydrogen (secondary N) is 2. The standard InChI is InChI=1S/C21H24N2O3/c1-13-9-14(2)11-15(10-13)21(26)22-12-20(25)23-18-7-3-6-17-16(18)5-4-8-19(17)24/h4-5,8-11,18,24H,3,6-7,12H2,1-2H3,(H,22,26)(H,23,25)/t18-/m0/s1. The van der Waals surface area contributed by atoms with Gasteiger partial charge in [-0.1, -0.05) is 29.3 Å². The third-order valence-corrected chi connectivity index (χ3v) is 4.71. The van der Waals surface area contributed by atoms with E-state index in [0.29, 0.717) is 5.56 Å². The molecule has 2 aromatic rings. The quantitative estimate of drug-likeness (QED) is 0.792. The molecule has 1 atom stereocenters. The van der Waals surface area contributed by atoms with Gasteiger partial charge in [0.25, 0.3) is 5.91 Å². The van der Waals surface area contributed by atoms with Gasteiger partial charge in [-0.25, -0.2) is 0 Å². The van der Waals surface area contributed by atoms with Gasteiger partial charge in [0.1, 0.15) is 5.75 Å². The van der Waals surface area contributed by atoms with Crippen LogP contribution in [0.3, 0.4) is 0 Å². The molecule has 0 saturated heterocycles. The second-order valence-corrected chi connectivity index (χ2v) is 6.92. The van der Waals surface area contributed by atoms with Crippen molar-refractivity contribution in [2.45, 2.75) is 39.2 Å². The zero-order chi connectivity index (χ0) is 18.7. The highest BCUT2D eigenvalue weighted by atomic mass is 16.3. The van der Waals surface area contributed by atoms with Crippen molar-refractivity contribution in [3.05, 3.63) is 64.2 Å². The Bertz CT molecular complexity index is 825. The minimum absolute atomic E-state index is 0.0729. The van der Waals surface area contributed by atoms with E-state index < -0.39 is 0 Å². The summed E-state index contributed by atoms with van der Waals surface area (Å²) >= 11 is 0. The van der Waals surface area contributed by atoms with Crippen LogP contribution in [0.25, 0.3) is 0 Å². The van der Waals surface area contributed by atoms with E-state index in [1.165, 1.54) is 0 Å². The Hall–Kier alpha value is -2.82. The number of hydrogen-bond acceptors (Lipinski definition) is 3. The van der Waals surface area contributed by atoms with E-state index in [-0.39, 0.29) is 30.2 Å². The van der Waals surface area contributed by atoms with Crippen molar-refractivity contribution in [3.63, 3.8) is 0 Å². The first-order valence-corrected chi connectivity index (χ1v) is 8.90. The largest absolute Gasteiger partial charge is 0.508 e. The molecule has 1 aliphatic carbocycles. The normalized spacial score (nSPS) is 15.8. The average molecular weight is 352 g/mol. The second-order valence-electron chi connectivity index (χ2n) is 6.92. The fraction of sp³-hybridized carbons (Fsp3) is 0.333. The molecule has 0 aliphatic heterocycles. The average Bonchev–Trinajstić information content (AvgIpc) is 2.60. The monoisotopic (exact) mass is 352 g/mol. The molecule has 136 valence electrons. The van der Waals surface area contributed by atoms with Gasteiger partial charge in [-0.2, -0.15) is 0 Å². The predicted molar refractivity (Wildman–Crippen MR) is 100 cm³/mol. The van der Waals surface area contributed by atoms with Crippen molar-refractivity contribution in [2.24, 2.45) is 0 Å². The number of phenolic OH excluding ortho intramolecular Hbond substituents is 1. The van der Waals surface area contributed by atoms with Gasteiger partial charge in [-0.3, -0.25) is 9.59 Å². The Labute approximate surface area is 153 Å². The molecular weight excluding hydrogens is 328 g/mol. The Balaban J connectivity index is 1.60. The van der Waals surface area contributed by atoms with Gasteiger partial charge in [0.15, 0.2) is 0 Å². The van der Waals surface area contributed by atoms with E-state index in [1.54, 1.807) is 24.3 Å². The highest BCUT2D eigenvalue weighted by Gasteiger charge is 2.23. The number of fused-ring (bicyclic) bond motifs is 1. The molecule has 0 spiro atoms. The van der Waals surface area contributed by atoms with E-state index in [1.807, 2.05) is 26.0 Å². The maximum atomic E-state index is 12.3. The molecule has 2 amide bonds. The summed E-state index contributed by atoms with van der Waals surface area (Å²) in [5.74, 6) is -0.206. The zero-order valence-corrected chi connectivity index (χ0v) is 15.1. The molecule has 5 heteroatoms. The van der Waals surface area contributed by atoms with Crippen LogP contribution in [0.4, 0.5) is 0 Å². The van der Waals surface area contributed by atoms with E-state index in [4.69, 9.17) is 0 Å². The Morgan fingerprint density at radius 2 is 1.88 bits per heavy atom. The highest BCUT2D eigenvalue weighted by molar-refractivity contribution is 5.96. The van der Waals surface area contributed by atoms with Gasteiger partial charge in [0.2, 0.25) is 5.91 Å². The van der Waals surface area contributed by atoms with Gasteiger partial charge in [0, 0.05) is 5.56 Å². The molecule has 26 heavy (non-hydrogen) atoms. The van der Waals surface area contributed by atoms with Crippen LogP contribution in [0.2, 0.25) is 0 Å². The van der Waals surface area contributed by atoms with Gasteiger partial charge >= 0.3 is 0 Å². The molecule has 0 saturated carbocycles. The summed E-state index contributed by atoms with van der Waals surface area (Å²) in [7, 11) is 0. The smallest absolute Gasteiger partial charge is 0.251 e. The van der Waals surface area contributed by atoms with Gasteiger partial charge in [0.05, 0.1) is 12.6 Å². The van der Waals surface area contributed by atoms with Crippen molar-refractivity contribution in [1.82, 2.24) is 10.6 Å². The number of rotatable bonds is 4. The molecular formula is C21H24N2O3. The number of amides is 2. The molecule has 2 aromatic carbocycles. The van der Waals surface area contributed by atoms with E-state index in [9.17, 15) is 14.7 Å². The molecule has 3 rings (SSSR count).